The summed E-state index contributed by atoms with van der Waals surface area (Å²) in [5.41, 5.74) is 1.17. The first kappa shape index (κ1) is 21.0. The molecule has 4 rings (SSSR count). The fourth-order valence-corrected chi connectivity index (χ4v) is 6.40. The number of amides is 2. The van der Waals surface area contributed by atoms with Gasteiger partial charge in [-0.25, -0.2) is 4.57 Å². The molecule has 7 nitrogen and oxygen atoms in total. The van der Waals surface area contributed by atoms with E-state index in [9.17, 15) is 19.5 Å². The highest BCUT2D eigenvalue weighted by molar-refractivity contribution is 8.00. The molecule has 2 aliphatic heterocycles. The summed E-state index contributed by atoms with van der Waals surface area (Å²) in [5.74, 6) is -0.727. The molecule has 4 heterocycles. The molecule has 0 aromatic carbocycles. The third-order valence-corrected chi connectivity index (χ3v) is 8.33. The van der Waals surface area contributed by atoms with Crippen molar-refractivity contribution in [2.24, 2.45) is 0 Å². The molecular formula is C20H19N3O4S3. The molecule has 1 saturated heterocycles. The van der Waals surface area contributed by atoms with Crippen LogP contribution in [0.4, 0.5) is 0 Å². The van der Waals surface area contributed by atoms with Crippen LogP contribution >= 0.6 is 34.9 Å². The summed E-state index contributed by atoms with van der Waals surface area (Å²) >= 11 is 4.61. The molecule has 1 fully saturated rings. The van der Waals surface area contributed by atoms with Gasteiger partial charge in [-0.1, -0.05) is 6.07 Å². The molecule has 2 aromatic heterocycles. The summed E-state index contributed by atoms with van der Waals surface area (Å²) in [7, 11) is 0. The SMILES string of the molecule is CSC(C(=O)NC1C(=O)N2C=C(C[n+]3ccc(C(=O)[O-])cc3)CS[C@H]12)c1cccs1. The molecule has 0 spiro atoms. The molecule has 2 unspecified atom stereocenters. The lowest BCUT2D eigenvalue weighted by Crippen LogP contribution is -2.68. The monoisotopic (exact) mass is 461 g/mol. The molecule has 156 valence electrons. The minimum absolute atomic E-state index is 0.0958. The van der Waals surface area contributed by atoms with Crippen LogP contribution in [-0.2, 0) is 16.1 Å². The smallest absolute Gasteiger partial charge is 0.253 e. The van der Waals surface area contributed by atoms with Crippen LogP contribution in [0.2, 0.25) is 0 Å². The van der Waals surface area contributed by atoms with E-state index in [0.717, 1.165) is 16.2 Å². The van der Waals surface area contributed by atoms with Gasteiger partial charge in [-0.15, -0.1) is 34.9 Å². The number of carboxylic acids is 1. The number of β-lactam (4-membered cyclic amide) rings is 1. The van der Waals surface area contributed by atoms with E-state index >= 15 is 0 Å². The summed E-state index contributed by atoms with van der Waals surface area (Å²) < 4.78 is 1.85. The van der Waals surface area contributed by atoms with Gasteiger partial charge in [-0.2, -0.15) is 0 Å². The van der Waals surface area contributed by atoms with Crippen LogP contribution in [0.5, 0.6) is 0 Å². The van der Waals surface area contributed by atoms with Gasteiger partial charge in [0.2, 0.25) is 5.91 Å². The van der Waals surface area contributed by atoms with Gasteiger partial charge >= 0.3 is 0 Å². The summed E-state index contributed by atoms with van der Waals surface area (Å²) in [6, 6.07) is 6.32. The number of carbonyl (C=O) groups is 3. The van der Waals surface area contributed by atoms with Crippen LogP contribution in [0.15, 0.2) is 53.8 Å². The number of nitrogens with zero attached hydrogens (tertiary/aromatic N) is 2. The Bertz CT molecular complexity index is 991. The Hall–Kier alpha value is -2.30. The summed E-state index contributed by atoms with van der Waals surface area (Å²) in [6.45, 7) is 0.556. The fraction of sp³-hybridized carbons (Fsp3) is 0.300. The fourth-order valence-electron chi connectivity index (χ4n) is 3.40. The zero-order valence-corrected chi connectivity index (χ0v) is 18.5. The average Bonchev–Trinajstić information content (AvgIpc) is 3.27. The standard InChI is InChI=1S/C20H19N3O4S3/c1-28-16(14-3-2-8-29-14)17(24)21-15-18(25)23-10-12(11-30-19(15)23)9-22-6-4-13(5-7-22)20(26)27/h2-8,10,15-16,19H,9,11H2,1H3,(H-,21,24,26,27)/t15?,16?,19-/m1/s1. The average molecular weight is 462 g/mol. The molecule has 30 heavy (non-hydrogen) atoms. The highest BCUT2D eigenvalue weighted by atomic mass is 32.2. The number of thiophene rings is 1. The van der Waals surface area contributed by atoms with Crippen molar-refractivity contribution in [3.05, 3.63) is 64.3 Å². The van der Waals surface area contributed by atoms with Gasteiger partial charge in [-0.05, 0) is 17.7 Å². The Kier molecular flexibility index (Phi) is 6.16. The lowest BCUT2D eigenvalue weighted by Gasteiger charge is -2.47. The number of pyridine rings is 1. The van der Waals surface area contributed by atoms with E-state index in [4.69, 9.17) is 0 Å². The van der Waals surface area contributed by atoms with Gasteiger partial charge in [-0.3, -0.25) is 9.59 Å². The Balaban J connectivity index is 1.38. The van der Waals surface area contributed by atoms with E-state index in [1.807, 2.05) is 34.5 Å². The van der Waals surface area contributed by atoms with Gasteiger partial charge in [0.25, 0.3) is 5.91 Å². The van der Waals surface area contributed by atoms with Crippen molar-refractivity contribution in [2.75, 3.05) is 12.0 Å². The van der Waals surface area contributed by atoms with Crippen LogP contribution in [0.1, 0.15) is 20.5 Å². The van der Waals surface area contributed by atoms with Gasteiger partial charge in [0.05, 0.1) is 5.97 Å². The second-order valence-corrected chi connectivity index (χ2v) is 9.93. The third-order valence-electron chi connectivity index (χ3n) is 4.93. The normalized spacial score (nSPS) is 21.3. The predicted molar refractivity (Wildman–Crippen MR) is 115 cm³/mol. The molecule has 10 heteroatoms. The third kappa shape index (κ3) is 4.12. The first-order chi connectivity index (χ1) is 14.5. The van der Waals surface area contributed by atoms with Crippen molar-refractivity contribution in [3.63, 3.8) is 0 Å². The van der Waals surface area contributed by atoms with Crippen LogP contribution in [-0.4, -0.2) is 46.1 Å². The number of hydrogen-bond donors (Lipinski definition) is 1. The largest absolute Gasteiger partial charge is 0.545 e. The molecule has 1 N–H and O–H groups in total. The Morgan fingerprint density at radius 3 is 2.77 bits per heavy atom. The lowest BCUT2D eigenvalue weighted by molar-refractivity contribution is -0.689. The predicted octanol–water partition coefficient (Wildman–Crippen LogP) is 0.787. The zero-order valence-electron chi connectivity index (χ0n) is 16.0. The van der Waals surface area contributed by atoms with E-state index in [1.165, 1.54) is 35.2 Å². The van der Waals surface area contributed by atoms with Crippen molar-refractivity contribution >= 4 is 52.6 Å². The molecule has 2 aromatic rings. The van der Waals surface area contributed by atoms with E-state index in [-0.39, 0.29) is 28.0 Å². The minimum atomic E-state index is -1.21. The first-order valence-corrected chi connectivity index (χ1v) is 12.4. The van der Waals surface area contributed by atoms with E-state index < -0.39 is 12.0 Å². The van der Waals surface area contributed by atoms with Crippen molar-refractivity contribution in [2.45, 2.75) is 23.2 Å². The number of hydrogen-bond acceptors (Lipinski definition) is 7. The number of fused-ring (bicyclic) bond motifs is 1. The maximum absolute atomic E-state index is 12.7. The number of aromatic nitrogens is 1. The van der Waals surface area contributed by atoms with Gasteiger partial charge in [0, 0.05) is 40.1 Å². The lowest BCUT2D eigenvalue weighted by atomic mass is 10.1. The van der Waals surface area contributed by atoms with Crippen LogP contribution in [0, 0.1) is 0 Å². The zero-order chi connectivity index (χ0) is 21.3. The van der Waals surface area contributed by atoms with Gasteiger partial charge < -0.3 is 20.1 Å². The van der Waals surface area contributed by atoms with Crippen molar-refractivity contribution < 1.29 is 24.1 Å². The molecule has 0 bridgehead atoms. The van der Waals surface area contributed by atoms with Crippen molar-refractivity contribution in [1.82, 2.24) is 10.2 Å². The molecule has 0 saturated carbocycles. The Morgan fingerprint density at radius 1 is 1.37 bits per heavy atom. The van der Waals surface area contributed by atoms with Crippen LogP contribution < -0.4 is 15.0 Å². The summed E-state index contributed by atoms with van der Waals surface area (Å²) in [6.07, 6.45) is 7.09. The summed E-state index contributed by atoms with van der Waals surface area (Å²) in [4.78, 5) is 38.8. The maximum Gasteiger partial charge on any atom is 0.253 e. The summed E-state index contributed by atoms with van der Waals surface area (Å²) in [5, 5.41) is 15.3. The molecule has 2 amide bonds. The quantitative estimate of drug-likeness (QED) is 0.484. The number of carboxylic acid groups (broad SMARTS) is 1. The molecular weight excluding hydrogens is 442 g/mol. The second-order valence-electron chi connectivity index (χ2n) is 6.90. The second kappa shape index (κ2) is 8.83. The number of carbonyl (C=O) groups excluding carboxylic acids is 3. The number of nitrogens with one attached hydrogen (secondary N) is 1. The van der Waals surface area contributed by atoms with Gasteiger partial charge in [0.1, 0.15) is 16.7 Å². The van der Waals surface area contributed by atoms with E-state index in [1.54, 1.807) is 29.1 Å². The number of rotatable bonds is 7. The Morgan fingerprint density at radius 2 is 2.13 bits per heavy atom. The van der Waals surface area contributed by atoms with Crippen LogP contribution in [0.3, 0.4) is 0 Å². The van der Waals surface area contributed by atoms with Crippen LogP contribution in [0.25, 0.3) is 0 Å². The van der Waals surface area contributed by atoms with Crippen molar-refractivity contribution in [3.8, 4) is 0 Å². The molecule has 0 aliphatic carbocycles. The maximum atomic E-state index is 12.7. The molecule has 2 aliphatic rings. The van der Waals surface area contributed by atoms with E-state index in [0.29, 0.717) is 6.54 Å². The first-order valence-electron chi connectivity index (χ1n) is 9.18. The molecule has 0 radical (unpaired) electrons. The van der Waals surface area contributed by atoms with Gasteiger partial charge in [0.15, 0.2) is 18.9 Å². The molecule has 3 atom stereocenters. The minimum Gasteiger partial charge on any atom is -0.545 e. The highest BCUT2D eigenvalue weighted by Crippen LogP contribution is 2.37. The topological polar surface area (TPSA) is 93.4 Å². The number of thioether (sulfide) groups is 2. The Labute approximate surface area is 186 Å². The number of aromatic carboxylic acids is 1. The van der Waals surface area contributed by atoms with E-state index in [2.05, 4.69) is 5.32 Å². The van der Waals surface area contributed by atoms with Crippen molar-refractivity contribution in [1.29, 1.82) is 0 Å². The highest BCUT2D eigenvalue weighted by Gasteiger charge is 2.50.